The molecule has 0 saturated carbocycles. The molecular weight excluding hydrogens is 274 g/mol. The lowest BCUT2D eigenvalue weighted by atomic mass is 10.3. The van der Waals surface area contributed by atoms with Crippen molar-refractivity contribution in [1.82, 2.24) is 0 Å². The van der Waals surface area contributed by atoms with E-state index in [1.807, 2.05) is 0 Å². The highest BCUT2D eigenvalue weighted by Gasteiger charge is 2.37. The summed E-state index contributed by atoms with van der Waals surface area (Å²) in [5, 5.41) is 0. The second-order valence-electron chi connectivity index (χ2n) is 3.27. The molecule has 0 N–H and O–H groups in total. The van der Waals surface area contributed by atoms with Crippen molar-refractivity contribution in [3.05, 3.63) is 29.8 Å². The van der Waals surface area contributed by atoms with Crippen LogP contribution in [0.1, 0.15) is 0 Å². The minimum atomic E-state index is -4.20. The molecule has 0 radical (unpaired) electrons. The molecule has 1 aliphatic heterocycles. The summed E-state index contributed by atoms with van der Waals surface area (Å²) in [6.07, 6.45) is -1.50. The summed E-state index contributed by atoms with van der Waals surface area (Å²) in [6, 6.07) is 2.30. The Bertz CT molecular complexity index is 585. The monoisotopic (exact) mass is 280 g/mol. The fraction of sp³-hybridized carbons (Fsp3) is 0.222. The van der Waals surface area contributed by atoms with Crippen LogP contribution in [0.5, 0.6) is 5.75 Å². The molecule has 0 spiro atoms. The second kappa shape index (κ2) is 4.59. The van der Waals surface area contributed by atoms with Crippen LogP contribution in [0.4, 0.5) is 8.78 Å². The standard InChI is InChI=1S/C9H6F2O6S/c10-5-1-2-7(6(11)3-5)16-9(12)8-4-15-18(13,14)17-8/h1-3,8H,4H2. The highest BCUT2D eigenvalue weighted by atomic mass is 32.3. The summed E-state index contributed by atoms with van der Waals surface area (Å²) in [4.78, 5) is 11.4. The SMILES string of the molecule is O=C(Oc1ccc(F)cc1F)C1COS(=O)(=O)O1. The quantitative estimate of drug-likeness (QED) is 0.581. The van der Waals surface area contributed by atoms with Crippen LogP contribution in [0.3, 0.4) is 0 Å². The van der Waals surface area contributed by atoms with Crippen LogP contribution >= 0.6 is 0 Å². The predicted molar refractivity (Wildman–Crippen MR) is 51.7 cm³/mol. The predicted octanol–water partition coefficient (Wildman–Crippen LogP) is 0.530. The van der Waals surface area contributed by atoms with Crippen molar-refractivity contribution >= 4 is 16.4 Å². The topological polar surface area (TPSA) is 78.9 Å². The maximum Gasteiger partial charge on any atom is 0.400 e. The van der Waals surface area contributed by atoms with Crippen LogP contribution < -0.4 is 4.74 Å². The van der Waals surface area contributed by atoms with Crippen LogP contribution in [0.25, 0.3) is 0 Å². The van der Waals surface area contributed by atoms with E-state index in [1.165, 1.54) is 0 Å². The molecule has 1 fully saturated rings. The first-order chi connectivity index (χ1) is 8.37. The Morgan fingerprint density at radius 3 is 2.67 bits per heavy atom. The summed E-state index contributed by atoms with van der Waals surface area (Å²) in [6.45, 7) is -0.552. The lowest BCUT2D eigenvalue weighted by Crippen LogP contribution is -2.28. The Morgan fingerprint density at radius 1 is 1.39 bits per heavy atom. The van der Waals surface area contributed by atoms with Gasteiger partial charge in [0.25, 0.3) is 0 Å². The van der Waals surface area contributed by atoms with Crippen molar-refractivity contribution in [3.63, 3.8) is 0 Å². The number of esters is 1. The van der Waals surface area contributed by atoms with Gasteiger partial charge in [-0.25, -0.2) is 21.9 Å². The Balaban J connectivity index is 2.08. The number of carbonyl (C=O) groups is 1. The van der Waals surface area contributed by atoms with E-state index in [2.05, 4.69) is 13.1 Å². The van der Waals surface area contributed by atoms with Crippen molar-refractivity contribution in [2.24, 2.45) is 0 Å². The molecule has 2 rings (SSSR count). The van der Waals surface area contributed by atoms with Gasteiger partial charge in [-0.3, -0.25) is 0 Å². The molecule has 1 unspecified atom stereocenters. The first kappa shape index (κ1) is 12.9. The molecule has 1 aromatic carbocycles. The highest BCUT2D eigenvalue weighted by molar-refractivity contribution is 7.82. The first-order valence-corrected chi connectivity index (χ1v) is 5.95. The first-order valence-electron chi connectivity index (χ1n) is 4.62. The molecule has 6 nitrogen and oxygen atoms in total. The van der Waals surface area contributed by atoms with Gasteiger partial charge in [0.05, 0.1) is 0 Å². The maximum absolute atomic E-state index is 13.1. The smallest absolute Gasteiger partial charge is 0.400 e. The zero-order valence-electron chi connectivity index (χ0n) is 8.63. The molecule has 18 heavy (non-hydrogen) atoms. The van der Waals surface area contributed by atoms with E-state index in [0.717, 1.165) is 12.1 Å². The number of hydrogen-bond donors (Lipinski definition) is 0. The summed E-state index contributed by atoms with van der Waals surface area (Å²) in [5.41, 5.74) is 0. The van der Waals surface area contributed by atoms with E-state index in [-0.39, 0.29) is 0 Å². The van der Waals surface area contributed by atoms with Gasteiger partial charge in [-0.15, -0.1) is 0 Å². The van der Waals surface area contributed by atoms with E-state index in [9.17, 15) is 22.0 Å². The molecule has 1 heterocycles. The fourth-order valence-electron chi connectivity index (χ4n) is 1.18. The minimum Gasteiger partial charge on any atom is -0.421 e. The lowest BCUT2D eigenvalue weighted by Gasteiger charge is -2.07. The van der Waals surface area contributed by atoms with Gasteiger partial charge in [-0.05, 0) is 12.1 Å². The molecule has 1 aliphatic rings. The number of ether oxygens (including phenoxy) is 1. The van der Waals surface area contributed by atoms with Crippen LogP contribution in [-0.4, -0.2) is 27.1 Å². The Labute approximate surface area is 100 Å². The van der Waals surface area contributed by atoms with Crippen LogP contribution in [0.15, 0.2) is 18.2 Å². The number of hydrogen-bond acceptors (Lipinski definition) is 6. The van der Waals surface area contributed by atoms with Gasteiger partial charge in [0.2, 0.25) is 6.10 Å². The van der Waals surface area contributed by atoms with E-state index >= 15 is 0 Å². The summed E-state index contributed by atoms with van der Waals surface area (Å²) in [5.74, 6) is -3.61. The summed E-state index contributed by atoms with van der Waals surface area (Å²) < 4.78 is 60.1. The van der Waals surface area contributed by atoms with E-state index in [0.29, 0.717) is 6.07 Å². The second-order valence-corrected chi connectivity index (χ2v) is 4.52. The minimum absolute atomic E-state index is 0.519. The number of carbonyl (C=O) groups excluding carboxylic acids is 1. The van der Waals surface area contributed by atoms with Gasteiger partial charge >= 0.3 is 16.4 Å². The molecule has 1 aromatic rings. The largest absolute Gasteiger partial charge is 0.421 e. The van der Waals surface area contributed by atoms with Crippen molar-refractivity contribution < 1.29 is 35.1 Å². The van der Waals surface area contributed by atoms with Gasteiger partial charge in [0.15, 0.2) is 11.6 Å². The van der Waals surface area contributed by atoms with Gasteiger partial charge in [0.1, 0.15) is 12.4 Å². The van der Waals surface area contributed by atoms with Crippen LogP contribution in [0.2, 0.25) is 0 Å². The molecule has 9 heteroatoms. The third-order valence-corrected chi connectivity index (χ3v) is 2.86. The Morgan fingerprint density at radius 2 is 2.11 bits per heavy atom. The molecule has 98 valence electrons. The van der Waals surface area contributed by atoms with Crippen LogP contribution in [-0.2, 0) is 23.6 Å². The normalized spacial score (nSPS) is 21.8. The molecule has 0 aromatic heterocycles. The molecule has 1 atom stereocenters. The Kier molecular flexibility index (Phi) is 3.28. The average molecular weight is 280 g/mol. The molecule has 0 bridgehead atoms. The number of benzene rings is 1. The Hall–Kier alpha value is -1.58. The van der Waals surface area contributed by atoms with E-state index in [1.54, 1.807) is 0 Å². The fourth-order valence-corrected chi connectivity index (χ4v) is 1.95. The van der Waals surface area contributed by atoms with Gasteiger partial charge in [0, 0.05) is 6.07 Å². The third-order valence-electron chi connectivity index (χ3n) is 1.97. The highest BCUT2D eigenvalue weighted by Crippen LogP contribution is 2.20. The van der Waals surface area contributed by atoms with E-state index in [4.69, 9.17) is 0 Å². The number of rotatable bonds is 2. The van der Waals surface area contributed by atoms with Crippen molar-refractivity contribution in [1.29, 1.82) is 0 Å². The van der Waals surface area contributed by atoms with Crippen molar-refractivity contribution in [2.45, 2.75) is 6.10 Å². The average Bonchev–Trinajstić information content (AvgIpc) is 2.63. The molecular formula is C9H6F2O6S. The number of halogens is 2. The van der Waals surface area contributed by atoms with Gasteiger partial charge in [-0.2, -0.15) is 8.42 Å². The summed E-state index contributed by atoms with van der Waals surface area (Å²) >= 11 is 0. The van der Waals surface area contributed by atoms with Crippen molar-refractivity contribution in [3.8, 4) is 5.75 Å². The van der Waals surface area contributed by atoms with Crippen LogP contribution in [0, 0.1) is 11.6 Å². The van der Waals surface area contributed by atoms with E-state index < -0.39 is 46.5 Å². The van der Waals surface area contributed by atoms with Crippen molar-refractivity contribution in [2.75, 3.05) is 6.61 Å². The third kappa shape index (κ3) is 2.81. The zero-order chi connectivity index (χ0) is 13.3. The lowest BCUT2D eigenvalue weighted by molar-refractivity contribution is -0.141. The summed E-state index contributed by atoms with van der Waals surface area (Å²) in [7, 11) is -4.20. The molecule has 0 amide bonds. The molecule has 1 saturated heterocycles. The zero-order valence-corrected chi connectivity index (χ0v) is 9.45. The van der Waals surface area contributed by atoms with Gasteiger partial charge in [-0.1, -0.05) is 0 Å². The van der Waals surface area contributed by atoms with Gasteiger partial charge < -0.3 is 4.74 Å². The molecule has 0 aliphatic carbocycles. The maximum atomic E-state index is 13.1.